The second-order valence-electron chi connectivity index (χ2n) is 6.25. The van der Waals surface area contributed by atoms with Crippen LogP contribution >= 0.6 is 0 Å². The zero-order valence-corrected chi connectivity index (χ0v) is 13.6. The standard InChI is InChI=1S/C18H14F3N3O2/c19-18(20,21)12-6-4-10(5-7-12)8-14-15(16-23-17(25)26-24-16)13-3-1-2-11(13)9-22-14/h4-7,9H,1-3,8H2,(H,23,24,25). The summed E-state index contributed by atoms with van der Waals surface area (Å²) in [6.45, 7) is 0. The number of benzene rings is 1. The van der Waals surface area contributed by atoms with Crippen LogP contribution in [0.25, 0.3) is 11.4 Å². The maximum Gasteiger partial charge on any atom is 0.439 e. The van der Waals surface area contributed by atoms with Crippen LogP contribution in [0.1, 0.15) is 34.4 Å². The average molecular weight is 361 g/mol. The first-order valence-electron chi connectivity index (χ1n) is 8.14. The van der Waals surface area contributed by atoms with E-state index in [1.807, 2.05) is 0 Å². The monoisotopic (exact) mass is 361 g/mol. The molecular weight excluding hydrogens is 347 g/mol. The fourth-order valence-electron chi connectivity index (χ4n) is 3.35. The Morgan fingerprint density at radius 3 is 2.58 bits per heavy atom. The van der Waals surface area contributed by atoms with Crippen molar-refractivity contribution in [3.63, 3.8) is 0 Å². The van der Waals surface area contributed by atoms with Crippen LogP contribution in [-0.2, 0) is 25.4 Å². The molecule has 0 saturated heterocycles. The van der Waals surface area contributed by atoms with Crippen molar-refractivity contribution < 1.29 is 17.7 Å². The molecule has 26 heavy (non-hydrogen) atoms. The van der Waals surface area contributed by atoms with E-state index in [9.17, 15) is 18.0 Å². The van der Waals surface area contributed by atoms with E-state index in [1.54, 1.807) is 6.20 Å². The number of hydrogen-bond acceptors (Lipinski definition) is 4. The number of nitrogens with zero attached hydrogens (tertiary/aromatic N) is 2. The summed E-state index contributed by atoms with van der Waals surface area (Å²) in [6.07, 6.45) is 0.477. The van der Waals surface area contributed by atoms with Gasteiger partial charge in [0.15, 0.2) is 5.82 Å². The number of halogens is 3. The molecular formula is C18H14F3N3O2. The van der Waals surface area contributed by atoms with Crippen molar-refractivity contribution in [1.29, 1.82) is 0 Å². The van der Waals surface area contributed by atoms with E-state index in [4.69, 9.17) is 0 Å². The van der Waals surface area contributed by atoms with E-state index < -0.39 is 17.5 Å². The molecule has 0 aliphatic heterocycles. The van der Waals surface area contributed by atoms with Crippen LogP contribution < -0.4 is 5.76 Å². The molecule has 0 unspecified atom stereocenters. The Balaban J connectivity index is 1.74. The third-order valence-electron chi connectivity index (χ3n) is 4.56. The molecule has 0 saturated carbocycles. The van der Waals surface area contributed by atoms with Crippen molar-refractivity contribution in [2.45, 2.75) is 31.9 Å². The van der Waals surface area contributed by atoms with E-state index in [2.05, 4.69) is 19.6 Å². The van der Waals surface area contributed by atoms with E-state index in [-0.39, 0.29) is 0 Å². The molecule has 8 heteroatoms. The molecule has 0 spiro atoms. The number of alkyl halides is 3. The number of nitrogens with one attached hydrogen (secondary N) is 1. The lowest BCUT2D eigenvalue weighted by Gasteiger charge is -2.12. The molecule has 1 aliphatic carbocycles. The summed E-state index contributed by atoms with van der Waals surface area (Å²) < 4.78 is 42.8. The van der Waals surface area contributed by atoms with Gasteiger partial charge in [-0.15, -0.1) is 0 Å². The predicted octanol–water partition coefficient (Wildman–Crippen LogP) is 3.52. The van der Waals surface area contributed by atoms with Crippen molar-refractivity contribution in [2.75, 3.05) is 0 Å². The van der Waals surface area contributed by atoms with Crippen LogP contribution in [0.5, 0.6) is 0 Å². The van der Waals surface area contributed by atoms with Crippen LogP contribution in [-0.4, -0.2) is 15.1 Å². The van der Waals surface area contributed by atoms with Gasteiger partial charge in [0.2, 0.25) is 0 Å². The highest BCUT2D eigenvalue weighted by Gasteiger charge is 2.30. The second-order valence-corrected chi connectivity index (χ2v) is 6.25. The van der Waals surface area contributed by atoms with Gasteiger partial charge >= 0.3 is 11.9 Å². The number of aromatic nitrogens is 3. The Morgan fingerprint density at radius 2 is 1.92 bits per heavy atom. The SMILES string of the molecule is O=c1[nH]c(-c2c(Cc3ccc(C(F)(F)F)cc3)ncc3c2CCC3)no1. The fourth-order valence-corrected chi connectivity index (χ4v) is 3.35. The lowest BCUT2D eigenvalue weighted by Crippen LogP contribution is -2.06. The number of pyridine rings is 1. The zero-order valence-electron chi connectivity index (χ0n) is 13.6. The first-order chi connectivity index (χ1) is 12.4. The summed E-state index contributed by atoms with van der Waals surface area (Å²) >= 11 is 0. The van der Waals surface area contributed by atoms with Gasteiger partial charge in [-0.05, 0) is 48.1 Å². The summed E-state index contributed by atoms with van der Waals surface area (Å²) in [5.41, 5.74) is 3.52. The van der Waals surface area contributed by atoms with Crippen LogP contribution in [0.3, 0.4) is 0 Å². The molecule has 0 radical (unpaired) electrons. The minimum Gasteiger partial charge on any atom is -0.296 e. The number of rotatable bonds is 3. The smallest absolute Gasteiger partial charge is 0.296 e. The van der Waals surface area contributed by atoms with Crippen molar-refractivity contribution in [3.05, 3.63) is 69.0 Å². The van der Waals surface area contributed by atoms with Crippen LogP contribution in [0.2, 0.25) is 0 Å². The van der Waals surface area contributed by atoms with E-state index in [0.29, 0.717) is 29.1 Å². The van der Waals surface area contributed by atoms with Crippen molar-refractivity contribution >= 4 is 0 Å². The Bertz CT molecular complexity index is 1000. The third kappa shape index (κ3) is 3.02. The predicted molar refractivity (Wildman–Crippen MR) is 86.6 cm³/mol. The Kier molecular flexibility index (Phi) is 3.90. The fraction of sp³-hybridized carbons (Fsp3) is 0.278. The summed E-state index contributed by atoms with van der Waals surface area (Å²) in [5.74, 6) is -0.348. The van der Waals surface area contributed by atoms with Crippen LogP contribution in [0.15, 0.2) is 39.8 Å². The van der Waals surface area contributed by atoms with Gasteiger partial charge in [-0.3, -0.25) is 14.5 Å². The number of H-pyrrole nitrogens is 1. The Labute approximate surface area is 145 Å². The Morgan fingerprint density at radius 1 is 1.15 bits per heavy atom. The summed E-state index contributed by atoms with van der Waals surface area (Å²) in [5, 5.41) is 3.78. The topological polar surface area (TPSA) is 71.8 Å². The van der Waals surface area contributed by atoms with Gasteiger partial charge in [-0.2, -0.15) is 13.2 Å². The molecule has 2 heterocycles. The van der Waals surface area contributed by atoms with Gasteiger partial charge < -0.3 is 0 Å². The Hall–Kier alpha value is -2.90. The third-order valence-corrected chi connectivity index (χ3v) is 4.56. The van der Waals surface area contributed by atoms with E-state index in [0.717, 1.165) is 42.5 Å². The van der Waals surface area contributed by atoms with Crippen molar-refractivity contribution in [3.8, 4) is 11.4 Å². The summed E-state index contributed by atoms with van der Waals surface area (Å²) in [4.78, 5) is 18.4. The highest BCUT2D eigenvalue weighted by atomic mass is 19.4. The minimum absolute atomic E-state index is 0.308. The summed E-state index contributed by atoms with van der Waals surface area (Å²) in [7, 11) is 0. The molecule has 3 aromatic rings. The van der Waals surface area contributed by atoms with Crippen molar-refractivity contribution in [2.24, 2.45) is 0 Å². The van der Waals surface area contributed by atoms with Gasteiger partial charge in [0.05, 0.1) is 11.3 Å². The molecule has 2 aromatic heterocycles. The molecule has 134 valence electrons. The number of fused-ring (bicyclic) bond motifs is 1. The van der Waals surface area contributed by atoms with Gasteiger partial charge in [0.1, 0.15) is 0 Å². The summed E-state index contributed by atoms with van der Waals surface area (Å²) in [6, 6.07) is 4.99. The van der Waals surface area contributed by atoms with E-state index >= 15 is 0 Å². The largest absolute Gasteiger partial charge is 0.439 e. The molecule has 1 aromatic carbocycles. The average Bonchev–Trinajstić information content (AvgIpc) is 3.23. The lowest BCUT2D eigenvalue weighted by atomic mass is 9.97. The first kappa shape index (κ1) is 16.6. The molecule has 0 fully saturated rings. The normalized spacial score (nSPS) is 13.8. The first-order valence-corrected chi connectivity index (χ1v) is 8.14. The van der Waals surface area contributed by atoms with E-state index in [1.165, 1.54) is 12.1 Å². The zero-order chi connectivity index (χ0) is 18.3. The van der Waals surface area contributed by atoms with Crippen molar-refractivity contribution in [1.82, 2.24) is 15.1 Å². The molecule has 0 bridgehead atoms. The minimum atomic E-state index is -4.37. The van der Waals surface area contributed by atoms with Gasteiger partial charge in [-0.1, -0.05) is 17.3 Å². The molecule has 1 aliphatic rings. The van der Waals surface area contributed by atoms with Gasteiger partial charge in [0, 0.05) is 18.2 Å². The van der Waals surface area contributed by atoms with Gasteiger partial charge in [0.25, 0.3) is 0 Å². The van der Waals surface area contributed by atoms with Crippen LogP contribution in [0.4, 0.5) is 13.2 Å². The number of aryl methyl sites for hydroxylation is 1. The lowest BCUT2D eigenvalue weighted by molar-refractivity contribution is -0.137. The molecule has 5 nitrogen and oxygen atoms in total. The quantitative estimate of drug-likeness (QED) is 0.775. The highest BCUT2D eigenvalue weighted by molar-refractivity contribution is 5.66. The maximum atomic E-state index is 12.7. The second kappa shape index (κ2) is 6.12. The molecule has 0 amide bonds. The number of aromatic amines is 1. The highest BCUT2D eigenvalue weighted by Crippen LogP contribution is 2.34. The maximum absolute atomic E-state index is 12.7. The van der Waals surface area contributed by atoms with Crippen LogP contribution in [0, 0.1) is 0 Å². The molecule has 1 N–H and O–H groups in total. The molecule has 4 rings (SSSR count). The number of hydrogen-bond donors (Lipinski definition) is 1. The molecule has 0 atom stereocenters. The van der Waals surface area contributed by atoms with Gasteiger partial charge in [-0.25, -0.2) is 4.79 Å².